The molecule has 0 aliphatic rings. The summed E-state index contributed by atoms with van der Waals surface area (Å²) in [4.78, 5) is 8.25. The zero-order valence-electron chi connectivity index (χ0n) is 2.51. The predicted molar refractivity (Wildman–Crippen MR) is 16.1 cm³/mol. The molecule has 6 heteroatoms. The van der Waals surface area contributed by atoms with Gasteiger partial charge in [0.05, 0.1) is 5.09 Å². The Kier molecular flexibility index (Phi) is 24.3. The van der Waals surface area contributed by atoms with E-state index in [0.29, 0.717) is 0 Å². The van der Waals surface area contributed by atoms with Crippen LogP contribution >= 0.6 is 0 Å². The third kappa shape index (κ3) is 154. The van der Waals surface area contributed by atoms with Crippen LogP contribution in [0.5, 0.6) is 0 Å². The molecule has 0 atom stereocenters. The minimum Gasteiger partial charge on any atom is -0.356 e. The van der Waals surface area contributed by atoms with Crippen LogP contribution in [0.1, 0.15) is 0 Å². The summed E-state index contributed by atoms with van der Waals surface area (Å²) in [6.07, 6.45) is 0. The first-order valence-corrected chi connectivity index (χ1v) is 0.548. The van der Waals surface area contributed by atoms with Crippen molar-refractivity contribution in [1.82, 2.24) is 0 Å². The number of hydrogen-bond donors (Lipinski definition) is 0. The Labute approximate surface area is 64.4 Å². The van der Waals surface area contributed by atoms with Crippen molar-refractivity contribution in [3.8, 4) is 0 Å². The molecule has 0 aromatic carbocycles. The minimum absolute atomic E-state index is 0. The monoisotopic (exact) mass is 329 g/mol. The van der Waals surface area contributed by atoms with Crippen LogP contribution in [0.25, 0.3) is 0 Å². The van der Waals surface area contributed by atoms with E-state index >= 15 is 0 Å². The molecule has 0 aromatic rings. The summed E-state index contributed by atoms with van der Waals surface area (Å²) in [6, 6.07) is 0. The second-order valence-electron chi connectivity index (χ2n) is 0.224. The van der Waals surface area contributed by atoms with Crippen molar-refractivity contribution in [3.05, 3.63) is 15.3 Å². The molecule has 35 valence electrons. The third-order valence-corrected chi connectivity index (χ3v) is 0. The van der Waals surface area contributed by atoms with Crippen molar-refractivity contribution in [2.24, 2.45) is 0 Å². The summed E-state index contributed by atoms with van der Waals surface area (Å²) in [5.41, 5.74) is 0. The fraction of sp³-hybridized carbons (Fsp3) is 0. The molecule has 0 aromatic heterocycles. The molecule has 0 saturated heterocycles. The minimum atomic E-state index is -1.75. The van der Waals surface area contributed by atoms with Crippen LogP contribution in [-0.4, -0.2) is 32.4 Å². The average Bonchev–Trinajstić information content (AvgIpc) is 0.811. The maximum Gasteiger partial charge on any atom is 2.00 e. The fourth-order valence-electron chi connectivity index (χ4n) is 0. The molecule has 0 saturated carbocycles. The molecule has 0 unspecified atom stereocenters. The predicted octanol–water partition coefficient (Wildman–Crippen LogP) is -0.622. The van der Waals surface area contributed by atoms with Gasteiger partial charge >= 0.3 is 16.8 Å². The normalized spacial score (nSPS) is 4.00. The summed E-state index contributed by atoms with van der Waals surface area (Å²) in [7, 11) is 0. The molecule has 5 radical (unpaired) electrons. The Balaban J connectivity index is -0.0000000450. The first kappa shape index (κ1) is 15.9. The van der Waals surface area contributed by atoms with Gasteiger partial charge in [-0.2, -0.15) is 0 Å². The van der Waals surface area contributed by atoms with E-state index in [2.05, 4.69) is 0 Å². The van der Waals surface area contributed by atoms with Crippen LogP contribution in [0.4, 0.5) is 0 Å². The molecule has 6 heavy (non-hydrogen) atoms. The Bertz CT molecular complexity index is 33.8. The maximum absolute atomic E-state index is 8.25. The Hall–Kier alpha value is 0.629. The van der Waals surface area contributed by atoms with Gasteiger partial charge in [-0.25, -0.2) is 0 Å². The Morgan fingerprint density at radius 1 is 1.33 bits per heavy atom. The van der Waals surface area contributed by atoms with Crippen LogP contribution in [0, 0.1) is 15.3 Å². The zero-order chi connectivity index (χ0) is 3.58. The van der Waals surface area contributed by atoms with Crippen molar-refractivity contribution < 1.29 is 21.9 Å². The molecule has 0 N–H and O–H groups in total. The summed E-state index contributed by atoms with van der Waals surface area (Å²) >= 11 is 0. The topological polar surface area (TPSA) is 66.2 Å². The first-order valence-electron chi connectivity index (χ1n) is 0.548. The van der Waals surface area contributed by atoms with E-state index in [0.717, 1.165) is 0 Å². The molecule has 0 aliphatic heterocycles. The van der Waals surface area contributed by atoms with E-state index in [1.807, 2.05) is 0 Å². The van der Waals surface area contributed by atoms with E-state index in [1.54, 1.807) is 0 Å². The van der Waals surface area contributed by atoms with Crippen molar-refractivity contribution in [1.29, 1.82) is 0 Å². The Morgan fingerprint density at radius 3 is 1.33 bits per heavy atom. The van der Waals surface area contributed by atoms with Crippen LogP contribution in [0.15, 0.2) is 0 Å². The molecular weight excluding hydrogens is 328 g/mol. The average molecular weight is 328 g/mol. The van der Waals surface area contributed by atoms with E-state index < -0.39 is 5.09 Å². The molecule has 0 bridgehead atoms. The Morgan fingerprint density at radius 2 is 1.33 bits per heavy atom. The van der Waals surface area contributed by atoms with Crippen molar-refractivity contribution >= 4 is 27.3 Å². The van der Waals surface area contributed by atoms with Gasteiger partial charge in [-0.1, -0.05) is 0 Å². The zero-order valence-corrected chi connectivity index (χ0v) is 7.43. The summed E-state index contributed by atoms with van der Waals surface area (Å²) in [6.45, 7) is 0. The van der Waals surface area contributed by atoms with Gasteiger partial charge in [-0.3, -0.25) is 0 Å². The molecule has 0 fully saturated rings. The van der Waals surface area contributed by atoms with Crippen LogP contribution in [0.2, 0.25) is 0 Å². The quantitative estimate of drug-likeness (QED) is 0.338. The standard InChI is InChI=1S/Co.NO3.Pb/c;2-1(3)4;/q+2;-1;. The van der Waals surface area contributed by atoms with Gasteiger partial charge < -0.3 is 15.3 Å². The first-order chi connectivity index (χ1) is 1.73. The van der Waals surface area contributed by atoms with Crippen molar-refractivity contribution in [3.63, 3.8) is 0 Å². The van der Waals surface area contributed by atoms with Gasteiger partial charge in [-0.15, -0.1) is 0 Å². The van der Waals surface area contributed by atoms with Gasteiger partial charge in [0.25, 0.3) is 0 Å². The van der Waals surface area contributed by atoms with E-state index in [9.17, 15) is 0 Å². The molecule has 0 heterocycles. The molecule has 0 aliphatic carbocycles. The van der Waals surface area contributed by atoms with Gasteiger partial charge in [-0.05, 0) is 0 Å². The van der Waals surface area contributed by atoms with Crippen LogP contribution in [-0.2, 0) is 16.8 Å². The van der Waals surface area contributed by atoms with E-state index in [-0.39, 0.29) is 44.1 Å². The van der Waals surface area contributed by atoms with E-state index in [4.69, 9.17) is 15.3 Å². The van der Waals surface area contributed by atoms with Gasteiger partial charge in [0.2, 0.25) is 0 Å². The summed E-state index contributed by atoms with van der Waals surface area (Å²) < 4.78 is 0. The number of rotatable bonds is 0. The molecule has 4 nitrogen and oxygen atoms in total. The summed E-state index contributed by atoms with van der Waals surface area (Å²) in [5.74, 6) is 0. The van der Waals surface area contributed by atoms with Gasteiger partial charge in [0, 0.05) is 27.3 Å². The smallest absolute Gasteiger partial charge is 0.356 e. The number of nitrogens with zero attached hydrogens (tertiary/aromatic N) is 1. The van der Waals surface area contributed by atoms with Crippen LogP contribution < -0.4 is 0 Å². The molecular formula is CoNO3Pb+. The maximum atomic E-state index is 8.25. The van der Waals surface area contributed by atoms with Crippen molar-refractivity contribution in [2.45, 2.75) is 0 Å². The molecule has 0 rings (SSSR count). The molecule has 0 spiro atoms. The van der Waals surface area contributed by atoms with E-state index in [1.165, 1.54) is 0 Å². The SMILES string of the molecule is O=[N+]([O-])[O-].[Co+2].[Pb]. The second kappa shape index (κ2) is 9.16. The van der Waals surface area contributed by atoms with Crippen molar-refractivity contribution in [2.75, 3.05) is 0 Å². The fourth-order valence-corrected chi connectivity index (χ4v) is 0. The van der Waals surface area contributed by atoms with Gasteiger partial charge in [0.15, 0.2) is 0 Å². The number of hydrogen-bond acceptors (Lipinski definition) is 3. The van der Waals surface area contributed by atoms with Gasteiger partial charge in [0.1, 0.15) is 0 Å². The second-order valence-corrected chi connectivity index (χ2v) is 0.224. The van der Waals surface area contributed by atoms with Crippen LogP contribution in [0.3, 0.4) is 0 Å². The largest absolute Gasteiger partial charge is 2.00 e. The summed E-state index contributed by atoms with van der Waals surface area (Å²) in [5, 5.41) is 14.8. The molecule has 0 amide bonds. The third-order valence-electron chi connectivity index (χ3n) is 0.